The molecule has 13 heteroatoms. The van der Waals surface area contributed by atoms with E-state index in [0.29, 0.717) is 43.7 Å². The van der Waals surface area contributed by atoms with Crippen LogP contribution in [-0.4, -0.2) is 51.1 Å². The summed E-state index contributed by atoms with van der Waals surface area (Å²) in [5, 5.41) is 10.1. The Balaban J connectivity index is 0.00000248. The lowest BCUT2D eigenvalue weighted by atomic mass is 9.99. The van der Waals surface area contributed by atoms with Crippen LogP contribution in [0.3, 0.4) is 0 Å². The molecule has 1 amide bonds. The van der Waals surface area contributed by atoms with Crippen molar-refractivity contribution >= 4 is 51.8 Å². The minimum atomic E-state index is -1.50. The largest absolute Gasteiger partial charge is 0.458 e. The summed E-state index contributed by atoms with van der Waals surface area (Å²) in [6.07, 6.45) is 0.244. The van der Waals surface area contributed by atoms with Crippen LogP contribution in [0.15, 0.2) is 71.5 Å². The number of rotatable bonds is 11. The van der Waals surface area contributed by atoms with Gasteiger partial charge in [0.1, 0.15) is 18.7 Å². The molecule has 2 aliphatic heterocycles. The number of aromatic nitrogens is 2. The number of unbranched alkanes of at least 4 members (excludes halogenated alkanes) is 1. The maximum atomic E-state index is 13.7. The molecule has 2 aromatic heterocycles. The van der Waals surface area contributed by atoms with E-state index in [1.165, 1.54) is 0 Å². The van der Waals surface area contributed by atoms with E-state index < -0.39 is 42.0 Å². The lowest BCUT2D eigenvalue weighted by Crippen LogP contribution is -2.54. The number of pyridine rings is 2. The molecule has 0 fully saturated rings. The van der Waals surface area contributed by atoms with Gasteiger partial charge in [-0.05, 0) is 74.3 Å². The molecule has 12 nitrogen and oxygen atoms in total. The third-order valence-corrected chi connectivity index (χ3v) is 8.94. The van der Waals surface area contributed by atoms with Gasteiger partial charge in [-0.3, -0.25) is 9.59 Å². The molecule has 0 radical (unpaired) electrons. The van der Waals surface area contributed by atoms with E-state index in [9.17, 15) is 19.2 Å². The number of carbonyl (C=O) groups is 3. The summed E-state index contributed by atoms with van der Waals surface area (Å²) in [6.45, 7) is 8.05. The molecule has 0 saturated heterocycles. The Bertz CT molecular complexity index is 1980. The maximum absolute atomic E-state index is 13.7. The molecule has 5 N–H and O–H groups in total. The van der Waals surface area contributed by atoms with Gasteiger partial charge in [-0.2, -0.15) is 0 Å². The molecule has 0 saturated carbocycles. The van der Waals surface area contributed by atoms with Crippen molar-refractivity contribution in [3.05, 3.63) is 93.8 Å². The maximum Gasteiger partial charge on any atom is 0.352 e. The first-order valence-corrected chi connectivity index (χ1v) is 17.7. The molecule has 51 heavy (non-hydrogen) atoms. The van der Waals surface area contributed by atoms with Gasteiger partial charge in [0.15, 0.2) is 5.11 Å². The summed E-state index contributed by atoms with van der Waals surface area (Å²) in [7, 11) is 0. The number of nitrogens with two attached hydrogens (primary N) is 1. The van der Waals surface area contributed by atoms with Crippen LogP contribution in [0, 0.1) is 5.92 Å². The number of esters is 2. The third-order valence-electron chi connectivity index (χ3n) is 8.72. The van der Waals surface area contributed by atoms with Crippen LogP contribution in [0.2, 0.25) is 0 Å². The van der Waals surface area contributed by atoms with Crippen LogP contribution in [-0.2, 0) is 37.0 Å². The van der Waals surface area contributed by atoms with Gasteiger partial charge in [0.05, 0.1) is 29.0 Å². The van der Waals surface area contributed by atoms with Crippen LogP contribution >= 0.6 is 12.2 Å². The minimum Gasteiger partial charge on any atom is -0.458 e. The molecule has 0 spiro atoms. The second kappa shape index (κ2) is 16.7. The molecule has 3 atom stereocenters. The Morgan fingerprint density at radius 3 is 2.49 bits per heavy atom. The van der Waals surface area contributed by atoms with Crippen LogP contribution < -0.4 is 27.2 Å². The zero-order valence-electron chi connectivity index (χ0n) is 29.2. The number of thiocarbonyl (C=S) groups is 1. The summed E-state index contributed by atoms with van der Waals surface area (Å²) >= 11 is 5.48. The lowest BCUT2D eigenvalue weighted by molar-refractivity contribution is -0.173. The number of nitrogens with one attached hydrogen (secondary N) is 3. The zero-order valence-corrected chi connectivity index (χ0v) is 30.0. The SMILES string of the molecule is CC.CC(C)C(NC(=O)[C@H](CCCCN)NC(=S)Nc1ccccc1)C(=O)OC1C(=O)OCc2c1cc1n(c2=O)Cc2cc3ccccc3nc2-1. The summed E-state index contributed by atoms with van der Waals surface area (Å²) in [4.78, 5) is 59.0. The van der Waals surface area contributed by atoms with E-state index in [1.54, 1.807) is 24.5 Å². The van der Waals surface area contributed by atoms with Crippen molar-refractivity contribution in [2.24, 2.45) is 11.7 Å². The second-order valence-electron chi connectivity index (χ2n) is 12.5. The highest BCUT2D eigenvalue weighted by atomic mass is 32.1. The Hall–Kier alpha value is -5.14. The van der Waals surface area contributed by atoms with Crippen molar-refractivity contribution in [2.45, 2.75) is 78.3 Å². The monoisotopic (exact) mass is 712 g/mol. The van der Waals surface area contributed by atoms with E-state index in [4.69, 9.17) is 32.4 Å². The number of carbonyl (C=O) groups excluding carboxylic acids is 3. The van der Waals surface area contributed by atoms with E-state index in [-0.39, 0.29) is 28.4 Å². The first-order chi connectivity index (χ1) is 24.6. The van der Waals surface area contributed by atoms with Crippen molar-refractivity contribution in [1.29, 1.82) is 0 Å². The molecule has 2 aliphatic rings. The van der Waals surface area contributed by atoms with Gasteiger partial charge in [0.2, 0.25) is 12.0 Å². The highest BCUT2D eigenvalue weighted by Gasteiger charge is 2.40. The molecule has 4 heterocycles. The predicted molar refractivity (Wildman–Crippen MR) is 200 cm³/mol. The first kappa shape index (κ1) is 37.1. The highest BCUT2D eigenvalue weighted by molar-refractivity contribution is 7.80. The minimum absolute atomic E-state index is 0.229. The molecule has 4 aromatic rings. The smallest absolute Gasteiger partial charge is 0.352 e. The highest BCUT2D eigenvalue weighted by Crippen LogP contribution is 2.36. The van der Waals surface area contributed by atoms with E-state index in [1.807, 2.05) is 74.5 Å². The normalized spacial score (nSPS) is 15.3. The molecular weight excluding hydrogens is 669 g/mol. The van der Waals surface area contributed by atoms with Gasteiger partial charge in [-0.15, -0.1) is 0 Å². The van der Waals surface area contributed by atoms with Crippen molar-refractivity contribution in [3.8, 4) is 11.4 Å². The number of benzene rings is 2. The van der Waals surface area contributed by atoms with Crippen LogP contribution in [0.4, 0.5) is 5.69 Å². The quantitative estimate of drug-likeness (QED) is 0.0851. The zero-order chi connectivity index (χ0) is 36.7. The Morgan fingerprint density at radius 2 is 1.76 bits per heavy atom. The van der Waals surface area contributed by atoms with E-state index >= 15 is 0 Å². The van der Waals surface area contributed by atoms with Crippen LogP contribution in [0.25, 0.3) is 22.3 Å². The summed E-state index contributed by atoms with van der Waals surface area (Å²) in [5.41, 5.74) is 9.37. The molecular formula is C38H44N6O6S. The van der Waals surface area contributed by atoms with E-state index in [2.05, 4.69) is 16.0 Å². The number of fused-ring (bicyclic) bond motifs is 5. The molecule has 0 bridgehead atoms. The summed E-state index contributed by atoms with van der Waals surface area (Å²) in [6, 6.07) is 18.7. The summed E-state index contributed by atoms with van der Waals surface area (Å²) < 4.78 is 12.7. The van der Waals surface area contributed by atoms with Crippen molar-refractivity contribution in [3.63, 3.8) is 0 Å². The van der Waals surface area contributed by atoms with Gasteiger partial charge in [-0.1, -0.05) is 64.1 Å². The molecule has 6 rings (SSSR count). The summed E-state index contributed by atoms with van der Waals surface area (Å²) in [5.74, 6) is -2.52. The first-order valence-electron chi connectivity index (χ1n) is 17.3. The fourth-order valence-electron chi connectivity index (χ4n) is 6.12. The van der Waals surface area contributed by atoms with Gasteiger partial charge >= 0.3 is 11.9 Å². The number of nitrogens with zero attached hydrogens (tertiary/aromatic N) is 2. The van der Waals surface area contributed by atoms with Gasteiger partial charge in [0.25, 0.3) is 5.56 Å². The fourth-order valence-corrected chi connectivity index (χ4v) is 6.38. The van der Waals surface area contributed by atoms with Gasteiger partial charge < -0.3 is 35.7 Å². The standard InChI is InChI=1S/C36H38N6O6S.C2H6/c1-20(2)29(41-32(43)27(14-8-9-15-37)40-36(49)38-23-11-4-3-5-12-23)34(45)48-31-24-17-28-30-22(16-21-10-6-7-13-26(21)39-30)18-42(28)33(44)25(24)19-47-35(31)46;1-2/h3-7,10-13,16-17,20,27,29,31H,8-9,14-15,18-19,37H2,1-2H3,(H,41,43)(H2,38,40,49);1-2H3/t27-,29?,31?;/m0./s1. The lowest BCUT2D eigenvalue weighted by Gasteiger charge is -2.29. The number of cyclic esters (lactones) is 1. The molecule has 2 unspecified atom stereocenters. The van der Waals surface area contributed by atoms with Gasteiger partial charge in [0, 0.05) is 22.2 Å². The Morgan fingerprint density at radius 1 is 1.04 bits per heavy atom. The number of ether oxygens (including phenoxy) is 2. The third kappa shape index (κ3) is 8.26. The number of anilines is 1. The second-order valence-corrected chi connectivity index (χ2v) is 12.9. The van der Waals surface area contributed by atoms with E-state index in [0.717, 1.165) is 22.2 Å². The average molecular weight is 713 g/mol. The van der Waals surface area contributed by atoms with Crippen LogP contribution in [0.5, 0.6) is 0 Å². The predicted octanol–water partition coefficient (Wildman–Crippen LogP) is 4.72. The number of hydrogen-bond donors (Lipinski definition) is 4. The van der Waals surface area contributed by atoms with Crippen molar-refractivity contribution < 1.29 is 23.9 Å². The topological polar surface area (TPSA) is 167 Å². The molecule has 0 aliphatic carbocycles. The number of amides is 1. The molecule has 2 aromatic carbocycles. The fraction of sp³-hybridized carbons (Fsp3) is 0.368. The van der Waals surface area contributed by atoms with Crippen molar-refractivity contribution in [1.82, 2.24) is 20.2 Å². The van der Waals surface area contributed by atoms with Crippen molar-refractivity contribution in [2.75, 3.05) is 11.9 Å². The van der Waals surface area contributed by atoms with Crippen LogP contribution in [0.1, 0.15) is 69.8 Å². The Kier molecular flexibility index (Phi) is 12.2. The number of para-hydroxylation sites is 2. The average Bonchev–Trinajstić information content (AvgIpc) is 3.49. The van der Waals surface area contributed by atoms with Gasteiger partial charge in [-0.25, -0.2) is 14.6 Å². The Labute approximate surface area is 302 Å². The molecule has 268 valence electrons. The number of hydrogen-bond acceptors (Lipinski definition) is 9.